The van der Waals surface area contributed by atoms with Gasteiger partial charge in [0.25, 0.3) is 0 Å². The summed E-state index contributed by atoms with van der Waals surface area (Å²) in [7, 11) is 0. The molecule has 224 valence electrons. The Morgan fingerprint density at radius 1 is 0.295 bits per heavy atom. The van der Waals surface area contributed by atoms with E-state index < -0.39 is 23.9 Å². The van der Waals surface area contributed by atoms with Crippen LogP contribution >= 0.6 is 0 Å². The predicted octanol–water partition coefficient (Wildman–Crippen LogP) is 8.07. The van der Waals surface area contributed by atoms with Gasteiger partial charge in [0.15, 0.2) is 0 Å². The van der Waals surface area contributed by atoms with Crippen LogP contribution in [-0.4, -0.2) is 44.3 Å². The van der Waals surface area contributed by atoms with Crippen molar-refractivity contribution in [2.75, 3.05) is 0 Å². The van der Waals surface area contributed by atoms with Gasteiger partial charge in [-0.25, -0.2) is 19.2 Å². The van der Waals surface area contributed by atoms with Gasteiger partial charge in [-0.3, -0.25) is 0 Å². The summed E-state index contributed by atoms with van der Waals surface area (Å²) in [6.45, 7) is 7.82. The summed E-state index contributed by atoms with van der Waals surface area (Å²) in [4.78, 5) is 43.5. The van der Waals surface area contributed by atoms with Crippen molar-refractivity contribution in [3.63, 3.8) is 0 Å². The Morgan fingerprint density at radius 2 is 0.409 bits per heavy atom. The number of carboxylic acid groups (broad SMARTS) is 4. The third kappa shape index (κ3) is 8.17. The predicted molar refractivity (Wildman–Crippen MR) is 170 cm³/mol. The molecule has 0 aliphatic carbocycles. The molecule has 0 bridgehead atoms. The SMILES string of the molecule is C/C(=C(/C)c1ccc(C(=O)O)cc1)c1ccc(C(=O)O)cc1.C/C(=C(/C)c1ccc(C(=O)O)cc1)c1ccc(C(=O)O)cc1. The summed E-state index contributed by atoms with van der Waals surface area (Å²) in [5.41, 5.74) is 8.80. The number of allylic oxidation sites excluding steroid dienone is 4. The molecule has 0 fully saturated rings. The van der Waals surface area contributed by atoms with Gasteiger partial charge in [0.1, 0.15) is 0 Å². The second-order valence-electron chi connectivity index (χ2n) is 10.0. The number of aromatic carboxylic acids is 4. The molecule has 0 atom stereocenters. The molecule has 8 heteroatoms. The van der Waals surface area contributed by atoms with Crippen LogP contribution in [0.1, 0.15) is 91.4 Å². The topological polar surface area (TPSA) is 149 Å². The van der Waals surface area contributed by atoms with Crippen molar-refractivity contribution in [1.82, 2.24) is 0 Å². The summed E-state index contributed by atoms with van der Waals surface area (Å²) >= 11 is 0. The van der Waals surface area contributed by atoms with E-state index in [1.54, 1.807) is 97.1 Å². The third-order valence-corrected chi connectivity index (χ3v) is 7.38. The number of carboxylic acids is 4. The van der Waals surface area contributed by atoms with Crippen LogP contribution < -0.4 is 0 Å². The lowest BCUT2D eigenvalue weighted by molar-refractivity contribution is 0.0686. The van der Waals surface area contributed by atoms with E-state index in [-0.39, 0.29) is 22.3 Å². The van der Waals surface area contributed by atoms with Gasteiger partial charge < -0.3 is 20.4 Å². The van der Waals surface area contributed by atoms with Gasteiger partial charge in [-0.15, -0.1) is 0 Å². The quantitative estimate of drug-likeness (QED) is 0.150. The van der Waals surface area contributed by atoms with E-state index in [4.69, 9.17) is 20.4 Å². The van der Waals surface area contributed by atoms with Gasteiger partial charge in [0, 0.05) is 0 Å². The molecule has 0 amide bonds. The fraction of sp³-hybridized carbons (Fsp3) is 0.111. The van der Waals surface area contributed by atoms with Crippen molar-refractivity contribution < 1.29 is 39.6 Å². The van der Waals surface area contributed by atoms with E-state index in [0.717, 1.165) is 44.5 Å². The fourth-order valence-electron chi connectivity index (χ4n) is 4.32. The molecule has 4 N–H and O–H groups in total. The minimum Gasteiger partial charge on any atom is -0.478 e. The molecule has 0 aliphatic heterocycles. The molecule has 44 heavy (non-hydrogen) atoms. The number of rotatable bonds is 8. The smallest absolute Gasteiger partial charge is 0.335 e. The van der Waals surface area contributed by atoms with Gasteiger partial charge in [0.05, 0.1) is 22.3 Å². The third-order valence-electron chi connectivity index (χ3n) is 7.38. The van der Waals surface area contributed by atoms with Crippen molar-refractivity contribution in [1.29, 1.82) is 0 Å². The molecule has 8 nitrogen and oxygen atoms in total. The first-order valence-corrected chi connectivity index (χ1v) is 13.5. The number of carbonyl (C=O) groups is 4. The fourth-order valence-corrected chi connectivity index (χ4v) is 4.32. The van der Waals surface area contributed by atoms with Crippen molar-refractivity contribution in [2.45, 2.75) is 27.7 Å². The number of hydrogen-bond donors (Lipinski definition) is 4. The van der Waals surface area contributed by atoms with Crippen LogP contribution in [0.15, 0.2) is 97.1 Å². The van der Waals surface area contributed by atoms with E-state index in [9.17, 15) is 19.2 Å². The van der Waals surface area contributed by atoms with Crippen LogP contribution in [0.4, 0.5) is 0 Å². The molecule has 0 radical (unpaired) electrons. The van der Waals surface area contributed by atoms with E-state index in [2.05, 4.69) is 0 Å². The lowest BCUT2D eigenvalue weighted by Crippen LogP contribution is -1.97. The summed E-state index contributed by atoms with van der Waals surface area (Å²) < 4.78 is 0. The highest BCUT2D eigenvalue weighted by Gasteiger charge is 2.09. The second-order valence-corrected chi connectivity index (χ2v) is 10.0. The largest absolute Gasteiger partial charge is 0.478 e. The maximum Gasteiger partial charge on any atom is 0.335 e. The highest BCUT2D eigenvalue weighted by atomic mass is 16.4. The van der Waals surface area contributed by atoms with Crippen molar-refractivity contribution in [3.05, 3.63) is 142 Å². The Bertz CT molecular complexity index is 1480. The first kappa shape index (κ1) is 32.8. The Kier molecular flexibility index (Phi) is 10.7. The minimum atomic E-state index is -0.950. The summed E-state index contributed by atoms with van der Waals surface area (Å²) in [5, 5.41) is 35.6. The van der Waals surface area contributed by atoms with Crippen molar-refractivity contribution in [2.24, 2.45) is 0 Å². The minimum absolute atomic E-state index is 0.250. The van der Waals surface area contributed by atoms with E-state index in [1.807, 2.05) is 27.7 Å². The summed E-state index contributed by atoms with van der Waals surface area (Å²) in [5.74, 6) is -3.80. The molecule has 0 unspecified atom stereocenters. The van der Waals surface area contributed by atoms with Gasteiger partial charge >= 0.3 is 23.9 Å². The summed E-state index contributed by atoms with van der Waals surface area (Å²) in [6, 6.07) is 26.7. The van der Waals surface area contributed by atoms with Crippen LogP contribution in [0.5, 0.6) is 0 Å². The molecule has 0 spiro atoms. The van der Waals surface area contributed by atoms with Crippen LogP contribution in [0.2, 0.25) is 0 Å². The Labute approximate surface area is 254 Å². The monoisotopic (exact) mass is 592 g/mol. The molecular weight excluding hydrogens is 560 g/mol. The molecule has 4 rings (SSSR count). The van der Waals surface area contributed by atoms with Crippen LogP contribution in [0.25, 0.3) is 22.3 Å². The average Bonchev–Trinajstić information content (AvgIpc) is 3.03. The maximum atomic E-state index is 10.9. The first-order valence-electron chi connectivity index (χ1n) is 13.5. The first-order chi connectivity index (χ1) is 20.8. The molecular formula is C36H32O8. The normalized spacial score (nSPS) is 11.7. The van der Waals surface area contributed by atoms with E-state index >= 15 is 0 Å². The van der Waals surface area contributed by atoms with Gasteiger partial charge in [-0.2, -0.15) is 0 Å². The van der Waals surface area contributed by atoms with Crippen molar-refractivity contribution >= 4 is 46.2 Å². The highest BCUT2D eigenvalue weighted by molar-refractivity contribution is 5.94. The molecule has 4 aromatic rings. The average molecular weight is 593 g/mol. The summed E-state index contributed by atoms with van der Waals surface area (Å²) in [6.07, 6.45) is 0. The van der Waals surface area contributed by atoms with Crippen LogP contribution in [0, 0.1) is 0 Å². The lowest BCUT2D eigenvalue weighted by atomic mass is 9.96. The van der Waals surface area contributed by atoms with Gasteiger partial charge in [-0.05, 0) is 121 Å². The van der Waals surface area contributed by atoms with E-state index in [0.29, 0.717) is 0 Å². The number of benzene rings is 4. The second kappa shape index (κ2) is 14.4. The molecule has 0 aliphatic rings. The van der Waals surface area contributed by atoms with Gasteiger partial charge in [-0.1, -0.05) is 48.5 Å². The molecule has 4 aromatic carbocycles. The molecule has 0 aromatic heterocycles. The molecule has 0 heterocycles. The zero-order valence-corrected chi connectivity index (χ0v) is 24.7. The van der Waals surface area contributed by atoms with Crippen LogP contribution in [-0.2, 0) is 0 Å². The van der Waals surface area contributed by atoms with E-state index in [1.165, 1.54) is 0 Å². The molecule has 0 saturated heterocycles. The highest BCUT2D eigenvalue weighted by Crippen LogP contribution is 2.27. The Hall–Kier alpha value is -5.76. The molecule has 0 saturated carbocycles. The number of hydrogen-bond acceptors (Lipinski definition) is 4. The zero-order valence-electron chi connectivity index (χ0n) is 24.7. The Balaban J connectivity index is 0.000000240. The Morgan fingerprint density at radius 3 is 0.523 bits per heavy atom. The van der Waals surface area contributed by atoms with Crippen molar-refractivity contribution in [3.8, 4) is 0 Å². The zero-order chi connectivity index (χ0) is 32.6. The lowest BCUT2D eigenvalue weighted by Gasteiger charge is -2.09. The van der Waals surface area contributed by atoms with Gasteiger partial charge in [0.2, 0.25) is 0 Å². The maximum absolute atomic E-state index is 10.9. The van der Waals surface area contributed by atoms with Crippen LogP contribution in [0.3, 0.4) is 0 Å². The standard InChI is InChI=1S/2C18H16O4/c2*1-11(13-3-7-15(8-4-13)17(19)20)12(2)14-5-9-16(10-6-14)18(21)22/h2*3-10H,1-2H3,(H,19,20)(H,21,22)/b2*12-11+.